The number of methoxy groups -OCH3 is 1. The average Bonchev–Trinajstić information content (AvgIpc) is 2.60. The summed E-state index contributed by atoms with van der Waals surface area (Å²) < 4.78 is 5.44. The van der Waals surface area contributed by atoms with Crippen molar-refractivity contribution in [1.82, 2.24) is 0 Å². The van der Waals surface area contributed by atoms with E-state index in [1.807, 2.05) is 26.0 Å². The van der Waals surface area contributed by atoms with Gasteiger partial charge in [-0.1, -0.05) is 11.6 Å². The van der Waals surface area contributed by atoms with E-state index in [-0.39, 0.29) is 5.97 Å². The van der Waals surface area contributed by atoms with E-state index in [4.69, 9.17) is 16.3 Å². The fourth-order valence-corrected chi connectivity index (χ4v) is 2.00. The van der Waals surface area contributed by atoms with Gasteiger partial charge in [0.2, 0.25) is 0 Å². The summed E-state index contributed by atoms with van der Waals surface area (Å²) in [5.74, 6) is -0.224. The lowest BCUT2D eigenvalue weighted by molar-refractivity contribution is -0.149. The molecule has 1 N–H and O–H groups in total. The maximum absolute atomic E-state index is 11.4. The van der Waals surface area contributed by atoms with Gasteiger partial charge in [0, 0.05) is 6.54 Å². The van der Waals surface area contributed by atoms with Gasteiger partial charge in [-0.2, -0.15) is 0 Å². The van der Waals surface area contributed by atoms with Gasteiger partial charge in [0.05, 0.1) is 21.9 Å². The predicted octanol–water partition coefficient (Wildman–Crippen LogP) is 3.01. The molecule has 3 nitrogen and oxygen atoms in total. The highest BCUT2D eigenvalue weighted by Crippen LogP contribution is 2.27. The normalized spacial score (nSPS) is 11.2. The molecule has 15 heavy (non-hydrogen) atoms. The van der Waals surface area contributed by atoms with Gasteiger partial charge < -0.3 is 10.1 Å². The Kier molecular flexibility index (Phi) is 3.99. The van der Waals surface area contributed by atoms with Crippen molar-refractivity contribution in [3.8, 4) is 0 Å². The molecule has 84 valence electrons. The molecule has 0 unspecified atom stereocenters. The van der Waals surface area contributed by atoms with E-state index in [9.17, 15) is 4.79 Å². The highest BCUT2D eigenvalue weighted by molar-refractivity contribution is 7.19. The molecule has 0 fully saturated rings. The molecule has 0 bridgehead atoms. The van der Waals surface area contributed by atoms with Crippen molar-refractivity contribution in [1.29, 1.82) is 0 Å². The van der Waals surface area contributed by atoms with E-state index in [0.29, 0.717) is 6.54 Å². The summed E-state index contributed by atoms with van der Waals surface area (Å²) in [5.41, 5.74) is -0.536. The molecule has 0 amide bonds. The van der Waals surface area contributed by atoms with Crippen LogP contribution in [0.5, 0.6) is 0 Å². The summed E-state index contributed by atoms with van der Waals surface area (Å²) in [7, 11) is 1.39. The van der Waals surface area contributed by atoms with Crippen LogP contribution in [-0.2, 0) is 9.53 Å². The number of hydrogen-bond donors (Lipinski definition) is 1. The Morgan fingerprint density at radius 3 is 2.73 bits per heavy atom. The van der Waals surface area contributed by atoms with Crippen LogP contribution in [0.2, 0.25) is 4.34 Å². The minimum atomic E-state index is -0.536. The number of hydrogen-bond acceptors (Lipinski definition) is 4. The molecule has 0 aliphatic rings. The summed E-state index contributed by atoms with van der Waals surface area (Å²) in [6.45, 7) is 4.19. The van der Waals surface area contributed by atoms with E-state index in [1.165, 1.54) is 18.4 Å². The average molecular weight is 248 g/mol. The quantitative estimate of drug-likeness (QED) is 0.832. The van der Waals surface area contributed by atoms with Crippen LogP contribution in [0.4, 0.5) is 5.00 Å². The number of carbonyl (C=O) groups excluding carboxylic acids is 1. The lowest BCUT2D eigenvalue weighted by Crippen LogP contribution is -2.32. The molecule has 0 saturated heterocycles. The van der Waals surface area contributed by atoms with Crippen LogP contribution in [0.3, 0.4) is 0 Å². The van der Waals surface area contributed by atoms with Crippen LogP contribution in [-0.4, -0.2) is 19.6 Å². The second-order valence-electron chi connectivity index (χ2n) is 3.83. The highest BCUT2D eigenvalue weighted by Gasteiger charge is 2.28. The van der Waals surface area contributed by atoms with Crippen LogP contribution < -0.4 is 5.32 Å². The van der Waals surface area contributed by atoms with Crippen molar-refractivity contribution in [3.63, 3.8) is 0 Å². The van der Waals surface area contributed by atoms with E-state index in [2.05, 4.69) is 5.32 Å². The summed E-state index contributed by atoms with van der Waals surface area (Å²) in [6.07, 6.45) is 0. The third-order valence-corrected chi connectivity index (χ3v) is 3.20. The standard InChI is InChI=1S/C10H14ClNO2S/c1-10(2,9(13)14-3)6-12-8-5-4-7(11)15-8/h4-5,12H,6H2,1-3H3. The van der Waals surface area contributed by atoms with Gasteiger partial charge in [-0.3, -0.25) is 4.79 Å². The number of rotatable bonds is 4. The molecule has 5 heteroatoms. The molecule has 0 aliphatic heterocycles. The molecule has 1 rings (SSSR count). The fourth-order valence-electron chi connectivity index (χ4n) is 1.07. The highest BCUT2D eigenvalue weighted by atomic mass is 35.5. The van der Waals surface area contributed by atoms with Gasteiger partial charge in [-0.15, -0.1) is 11.3 Å². The Labute approximate surface area is 98.4 Å². The number of anilines is 1. The minimum Gasteiger partial charge on any atom is -0.469 e. The Morgan fingerprint density at radius 1 is 1.60 bits per heavy atom. The molecule has 1 heterocycles. The molecular weight excluding hydrogens is 234 g/mol. The van der Waals surface area contributed by atoms with Crippen LogP contribution in [0.1, 0.15) is 13.8 Å². The van der Waals surface area contributed by atoms with E-state index in [0.717, 1.165) is 9.34 Å². The van der Waals surface area contributed by atoms with E-state index in [1.54, 1.807) is 0 Å². The van der Waals surface area contributed by atoms with Gasteiger partial charge >= 0.3 is 5.97 Å². The lowest BCUT2D eigenvalue weighted by atomic mass is 9.94. The zero-order valence-electron chi connectivity index (χ0n) is 8.96. The Balaban J connectivity index is 2.53. The van der Waals surface area contributed by atoms with Crippen molar-refractivity contribution in [2.75, 3.05) is 19.0 Å². The molecule has 0 saturated carbocycles. The molecule has 1 aromatic rings. The zero-order valence-corrected chi connectivity index (χ0v) is 10.5. The van der Waals surface area contributed by atoms with Gasteiger partial charge in [0.25, 0.3) is 0 Å². The second kappa shape index (κ2) is 4.86. The first-order valence-electron chi connectivity index (χ1n) is 4.53. The first kappa shape index (κ1) is 12.3. The van der Waals surface area contributed by atoms with Crippen molar-refractivity contribution < 1.29 is 9.53 Å². The van der Waals surface area contributed by atoms with E-state index < -0.39 is 5.41 Å². The fraction of sp³-hybridized carbons (Fsp3) is 0.500. The number of carbonyl (C=O) groups is 1. The molecule has 1 aromatic heterocycles. The van der Waals surface area contributed by atoms with Crippen LogP contribution in [0.15, 0.2) is 12.1 Å². The monoisotopic (exact) mass is 247 g/mol. The maximum Gasteiger partial charge on any atom is 0.313 e. The number of esters is 1. The number of thiophene rings is 1. The number of ether oxygens (including phenoxy) is 1. The maximum atomic E-state index is 11.4. The zero-order chi connectivity index (χ0) is 11.5. The van der Waals surface area contributed by atoms with Crippen molar-refractivity contribution in [3.05, 3.63) is 16.5 Å². The summed E-state index contributed by atoms with van der Waals surface area (Å²) in [5, 5.41) is 4.11. The Hall–Kier alpha value is -0.740. The second-order valence-corrected chi connectivity index (χ2v) is 5.55. The molecule has 0 spiro atoms. The van der Waals surface area contributed by atoms with E-state index >= 15 is 0 Å². The first-order valence-corrected chi connectivity index (χ1v) is 5.73. The predicted molar refractivity (Wildman–Crippen MR) is 63.6 cm³/mol. The minimum absolute atomic E-state index is 0.224. The molecular formula is C10H14ClNO2S. The summed E-state index contributed by atoms with van der Waals surface area (Å²) >= 11 is 7.24. The first-order chi connectivity index (χ1) is 6.95. The van der Waals surface area contributed by atoms with Crippen molar-refractivity contribution in [2.24, 2.45) is 5.41 Å². The van der Waals surface area contributed by atoms with Crippen LogP contribution in [0, 0.1) is 5.41 Å². The van der Waals surface area contributed by atoms with Crippen LogP contribution in [0.25, 0.3) is 0 Å². The molecule has 0 radical (unpaired) electrons. The smallest absolute Gasteiger partial charge is 0.313 e. The lowest BCUT2D eigenvalue weighted by Gasteiger charge is -2.21. The Morgan fingerprint density at radius 2 is 2.27 bits per heavy atom. The van der Waals surface area contributed by atoms with Gasteiger partial charge in [0.15, 0.2) is 0 Å². The van der Waals surface area contributed by atoms with Gasteiger partial charge in [-0.05, 0) is 26.0 Å². The van der Waals surface area contributed by atoms with Gasteiger partial charge in [0.1, 0.15) is 0 Å². The third kappa shape index (κ3) is 3.39. The number of nitrogens with one attached hydrogen (secondary N) is 1. The summed E-state index contributed by atoms with van der Waals surface area (Å²) in [4.78, 5) is 11.4. The van der Waals surface area contributed by atoms with Crippen LogP contribution >= 0.6 is 22.9 Å². The van der Waals surface area contributed by atoms with Crippen molar-refractivity contribution >= 4 is 33.9 Å². The van der Waals surface area contributed by atoms with Gasteiger partial charge in [-0.25, -0.2) is 0 Å². The summed E-state index contributed by atoms with van der Waals surface area (Å²) in [6, 6.07) is 3.71. The topological polar surface area (TPSA) is 38.3 Å². The molecule has 0 atom stereocenters. The molecule has 0 aromatic carbocycles. The molecule has 0 aliphatic carbocycles. The number of halogens is 1. The third-order valence-electron chi connectivity index (χ3n) is 2.02. The SMILES string of the molecule is COC(=O)C(C)(C)CNc1ccc(Cl)s1. The Bertz CT molecular complexity index is 349. The van der Waals surface area contributed by atoms with Crippen molar-refractivity contribution in [2.45, 2.75) is 13.8 Å². The largest absolute Gasteiger partial charge is 0.469 e.